The summed E-state index contributed by atoms with van der Waals surface area (Å²) in [6.07, 6.45) is 0. The van der Waals surface area contributed by atoms with Crippen LogP contribution in [0.15, 0.2) is 24.3 Å². The van der Waals surface area contributed by atoms with E-state index in [0.717, 1.165) is 5.56 Å². The van der Waals surface area contributed by atoms with Crippen molar-refractivity contribution in [3.63, 3.8) is 0 Å². The standard InChI is InChI=1S/C14H20N2O4S/c1-12-2-4-13(5-3-12)14(17)15-6-11-21(18,19)16-7-9-20-10-8-16/h2-5H,6-11H2,1H3,(H,15,17). The third kappa shape index (κ3) is 4.52. The van der Waals surface area contributed by atoms with Crippen LogP contribution in [-0.2, 0) is 14.8 Å². The zero-order valence-corrected chi connectivity index (χ0v) is 12.9. The van der Waals surface area contributed by atoms with Gasteiger partial charge in [-0.2, -0.15) is 4.31 Å². The second-order valence-corrected chi connectivity index (χ2v) is 7.04. The van der Waals surface area contributed by atoms with E-state index in [1.54, 1.807) is 12.1 Å². The average Bonchev–Trinajstić information content (AvgIpc) is 2.48. The highest BCUT2D eigenvalue weighted by Gasteiger charge is 2.23. The van der Waals surface area contributed by atoms with Gasteiger partial charge in [-0.15, -0.1) is 0 Å². The van der Waals surface area contributed by atoms with Gasteiger partial charge in [0.05, 0.1) is 19.0 Å². The molecule has 0 unspecified atom stereocenters. The van der Waals surface area contributed by atoms with Crippen molar-refractivity contribution in [1.29, 1.82) is 0 Å². The highest BCUT2D eigenvalue weighted by molar-refractivity contribution is 7.89. The summed E-state index contributed by atoms with van der Waals surface area (Å²) in [4.78, 5) is 11.9. The number of amides is 1. The lowest BCUT2D eigenvalue weighted by Crippen LogP contribution is -2.43. The van der Waals surface area contributed by atoms with Gasteiger partial charge in [-0.25, -0.2) is 8.42 Å². The first-order valence-corrected chi connectivity index (χ1v) is 8.50. The Balaban J connectivity index is 1.83. The molecule has 0 aliphatic carbocycles. The maximum absolute atomic E-state index is 12.1. The van der Waals surface area contributed by atoms with Gasteiger partial charge < -0.3 is 10.1 Å². The minimum Gasteiger partial charge on any atom is -0.379 e. The van der Waals surface area contributed by atoms with Gasteiger partial charge in [0.25, 0.3) is 5.91 Å². The molecule has 116 valence electrons. The Labute approximate surface area is 125 Å². The Kier molecular flexibility index (Phi) is 5.33. The summed E-state index contributed by atoms with van der Waals surface area (Å²) in [5.41, 5.74) is 1.60. The first-order valence-electron chi connectivity index (χ1n) is 6.89. The average molecular weight is 312 g/mol. The van der Waals surface area contributed by atoms with Crippen molar-refractivity contribution in [3.05, 3.63) is 35.4 Å². The van der Waals surface area contributed by atoms with E-state index in [1.807, 2.05) is 19.1 Å². The monoisotopic (exact) mass is 312 g/mol. The smallest absolute Gasteiger partial charge is 0.251 e. The minimum absolute atomic E-state index is 0.0927. The molecule has 0 spiro atoms. The van der Waals surface area contributed by atoms with Gasteiger partial charge >= 0.3 is 0 Å². The van der Waals surface area contributed by atoms with E-state index in [2.05, 4.69) is 5.32 Å². The van der Waals surface area contributed by atoms with E-state index in [4.69, 9.17) is 4.74 Å². The second-order valence-electron chi connectivity index (χ2n) is 4.95. The van der Waals surface area contributed by atoms with Crippen LogP contribution in [-0.4, -0.2) is 57.2 Å². The van der Waals surface area contributed by atoms with Gasteiger partial charge in [-0.3, -0.25) is 4.79 Å². The van der Waals surface area contributed by atoms with Crippen molar-refractivity contribution in [3.8, 4) is 0 Å². The first-order chi connectivity index (χ1) is 9.99. The number of aryl methyl sites for hydroxylation is 1. The summed E-state index contributed by atoms with van der Waals surface area (Å²) in [5.74, 6) is -0.350. The molecule has 1 saturated heterocycles. The van der Waals surface area contributed by atoms with Crippen LogP contribution < -0.4 is 5.32 Å². The van der Waals surface area contributed by atoms with Crippen LogP contribution in [0.5, 0.6) is 0 Å². The van der Waals surface area contributed by atoms with E-state index in [1.165, 1.54) is 4.31 Å². The van der Waals surface area contributed by atoms with Gasteiger partial charge in [0.1, 0.15) is 0 Å². The van der Waals surface area contributed by atoms with Crippen molar-refractivity contribution >= 4 is 15.9 Å². The van der Waals surface area contributed by atoms with Gasteiger partial charge in [0.15, 0.2) is 0 Å². The molecular weight excluding hydrogens is 292 g/mol. The molecule has 0 bridgehead atoms. The number of nitrogens with zero attached hydrogens (tertiary/aromatic N) is 1. The number of carbonyl (C=O) groups is 1. The Morgan fingerprint density at radius 1 is 1.24 bits per heavy atom. The van der Waals surface area contributed by atoms with Crippen LogP contribution in [0.2, 0.25) is 0 Å². The van der Waals surface area contributed by atoms with E-state index >= 15 is 0 Å². The number of morpholine rings is 1. The van der Waals surface area contributed by atoms with E-state index in [9.17, 15) is 13.2 Å². The van der Waals surface area contributed by atoms with Gasteiger partial charge in [0, 0.05) is 25.2 Å². The summed E-state index contributed by atoms with van der Waals surface area (Å²) >= 11 is 0. The van der Waals surface area contributed by atoms with Crippen LogP contribution in [0.25, 0.3) is 0 Å². The fourth-order valence-electron chi connectivity index (χ4n) is 2.05. The Morgan fingerprint density at radius 2 is 1.86 bits per heavy atom. The lowest BCUT2D eigenvalue weighted by molar-refractivity contribution is 0.0730. The van der Waals surface area contributed by atoms with E-state index in [0.29, 0.717) is 31.9 Å². The SMILES string of the molecule is Cc1ccc(C(=O)NCCS(=O)(=O)N2CCOCC2)cc1. The quantitative estimate of drug-likeness (QED) is 0.853. The fraction of sp³-hybridized carbons (Fsp3) is 0.500. The fourth-order valence-corrected chi connectivity index (χ4v) is 3.38. The molecular formula is C14H20N2O4S. The predicted molar refractivity (Wildman–Crippen MR) is 79.7 cm³/mol. The van der Waals surface area contributed by atoms with Crippen LogP contribution >= 0.6 is 0 Å². The summed E-state index contributed by atoms with van der Waals surface area (Å²) in [7, 11) is -3.33. The molecule has 1 aliphatic rings. The topological polar surface area (TPSA) is 75.7 Å². The number of hydrogen-bond donors (Lipinski definition) is 1. The highest BCUT2D eigenvalue weighted by atomic mass is 32.2. The molecule has 0 radical (unpaired) electrons. The van der Waals surface area contributed by atoms with E-state index < -0.39 is 10.0 Å². The summed E-state index contributed by atoms with van der Waals surface area (Å²) < 4.78 is 30.7. The summed E-state index contributed by atoms with van der Waals surface area (Å²) in [6.45, 7) is 3.66. The van der Waals surface area contributed by atoms with Crippen molar-refractivity contribution in [1.82, 2.24) is 9.62 Å². The Morgan fingerprint density at radius 3 is 2.48 bits per heavy atom. The first kappa shape index (κ1) is 15.9. The van der Waals surface area contributed by atoms with Crippen LogP contribution in [0.3, 0.4) is 0 Å². The molecule has 0 atom stereocenters. The molecule has 7 heteroatoms. The number of sulfonamides is 1. The second kappa shape index (κ2) is 7.02. The highest BCUT2D eigenvalue weighted by Crippen LogP contribution is 2.06. The largest absolute Gasteiger partial charge is 0.379 e. The van der Waals surface area contributed by atoms with Crippen molar-refractivity contribution in [2.75, 3.05) is 38.6 Å². The molecule has 1 fully saturated rings. The van der Waals surface area contributed by atoms with Gasteiger partial charge in [-0.05, 0) is 19.1 Å². The molecule has 2 rings (SSSR count). The Hall–Kier alpha value is -1.44. The number of benzene rings is 1. The number of nitrogens with one attached hydrogen (secondary N) is 1. The molecule has 1 amide bonds. The lowest BCUT2D eigenvalue weighted by Gasteiger charge is -2.26. The molecule has 1 N–H and O–H groups in total. The van der Waals surface area contributed by atoms with Crippen molar-refractivity contribution in [2.24, 2.45) is 0 Å². The zero-order chi connectivity index (χ0) is 15.3. The van der Waals surface area contributed by atoms with Gasteiger partial charge in [-0.1, -0.05) is 17.7 Å². The van der Waals surface area contributed by atoms with Crippen molar-refractivity contribution < 1.29 is 17.9 Å². The normalized spacial score (nSPS) is 16.6. The Bertz CT molecular complexity index is 577. The third-order valence-electron chi connectivity index (χ3n) is 3.32. The molecule has 1 aliphatic heterocycles. The maximum atomic E-state index is 12.1. The summed E-state index contributed by atoms with van der Waals surface area (Å²) in [6, 6.07) is 7.14. The zero-order valence-electron chi connectivity index (χ0n) is 12.0. The molecule has 21 heavy (non-hydrogen) atoms. The maximum Gasteiger partial charge on any atom is 0.251 e. The van der Waals surface area contributed by atoms with Crippen molar-refractivity contribution in [2.45, 2.75) is 6.92 Å². The van der Waals surface area contributed by atoms with Crippen LogP contribution in [0.1, 0.15) is 15.9 Å². The lowest BCUT2D eigenvalue weighted by atomic mass is 10.1. The predicted octanol–water partition coefficient (Wildman–Crippen LogP) is 0.387. The molecule has 1 aromatic rings. The molecule has 0 aromatic heterocycles. The molecule has 0 saturated carbocycles. The number of carbonyl (C=O) groups excluding carboxylic acids is 1. The van der Waals surface area contributed by atoms with Crippen LogP contribution in [0, 0.1) is 6.92 Å². The number of hydrogen-bond acceptors (Lipinski definition) is 4. The molecule has 1 aromatic carbocycles. The minimum atomic E-state index is -3.33. The summed E-state index contributed by atoms with van der Waals surface area (Å²) in [5, 5.41) is 2.64. The molecule has 6 nitrogen and oxygen atoms in total. The molecule has 1 heterocycles. The third-order valence-corrected chi connectivity index (χ3v) is 5.19. The number of rotatable bonds is 5. The number of ether oxygens (including phenoxy) is 1. The van der Waals surface area contributed by atoms with Gasteiger partial charge in [0.2, 0.25) is 10.0 Å². The van der Waals surface area contributed by atoms with E-state index in [-0.39, 0.29) is 18.2 Å². The van der Waals surface area contributed by atoms with Crippen LogP contribution in [0.4, 0.5) is 0 Å².